The summed E-state index contributed by atoms with van der Waals surface area (Å²) in [7, 11) is 0. The lowest BCUT2D eigenvalue weighted by Crippen LogP contribution is -2.26. The molecule has 0 bridgehead atoms. The quantitative estimate of drug-likeness (QED) is 0.424. The van der Waals surface area contributed by atoms with Crippen molar-refractivity contribution in [1.82, 2.24) is 0 Å². The second-order valence-electron chi connectivity index (χ2n) is 3.75. The molecule has 4 nitrogen and oxygen atoms in total. The van der Waals surface area contributed by atoms with Crippen LogP contribution < -0.4 is 0 Å². The van der Waals surface area contributed by atoms with Crippen molar-refractivity contribution >= 4 is 0 Å². The zero-order chi connectivity index (χ0) is 10.9. The summed E-state index contributed by atoms with van der Waals surface area (Å²) >= 11 is 0. The Labute approximate surface area is 85.2 Å². The van der Waals surface area contributed by atoms with Gasteiger partial charge >= 0.3 is 0 Å². The van der Waals surface area contributed by atoms with Crippen LogP contribution in [0.3, 0.4) is 0 Å². The molecule has 4 N–H and O–H groups in total. The first-order valence-corrected chi connectivity index (χ1v) is 5.18. The Morgan fingerprint density at radius 3 is 1.29 bits per heavy atom. The second-order valence-corrected chi connectivity index (χ2v) is 3.75. The van der Waals surface area contributed by atoms with Crippen LogP contribution in [0.15, 0.2) is 0 Å². The Bertz CT molecular complexity index is 110. The summed E-state index contributed by atoms with van der Waals surface area (Å²) in [4.78, 5) is 0. The maximum Gasteiger partial charge on any atom is 0.0436 e. The molecule has 0 aliphatic carbocycles. The molecule has 0 aliphatic rings. The molecule has 0 spiro atoms. The van der Waals surface area contributed by atoms with Gasteiger partial charge in [-0.1, -0.05) is 0 Å². The van der Waals surface area contributed by atoms with Crippen LogP contribution in [0.4, 0.5) is 0 Å². The van der Waals surface area contributed by atoms with Crippen molar-refractivity contribution in [2.45, 2.75) is 32.1 Å². The summed E-state index contributed by atoms with van der Waals surface area (Å²) in [6.07, 6.45) is 3.13. The predicted octanol–water partition coefficient (Wildman–Crippen LogP) is -0.108. The van der Waals surface area contributed by atoms with Crippen LogP contribution in [-0.2, 0) is 0 Å². The molecule has 0 radical (unpaired) electrons. The fraction of sp³-hybridized carbons (Fsp3) is 1.00. The molecule has 0 aromatic heterocycles. The lowest BCUT2D eigenvalue weighted by Gasteiger charge is -2.32. The zero-order valence-corrected chi connectivity index (χ0v) is 8.65. The van der Waals surface area contributed by atoms with Crippen molar-refractivity contribution in [3.63, 3.8) is 0 Å². The van der Waals surface area contributed by atoms with E-state index in [0.29, 0.717) is 25.7 Å². The SMILES string of the molecule is OCCCC(CCO)(CCO)CCO. The van der Waals surface area contributed by atoms with Gasteiger partial charge in [-0.25, -0.2) is 0 Å². The van der Waals surface area contributed by atoms with E-state index in [1.165, 1.54) is 0 Å². The Balaban J connectivity index is 4.21. The molecule has 86 valence electrons. The van der Waals surface area contributed by atoms with Gasteiger partial charge in [-0.3, -0.25) is 0 Å². The molecular formula is C10H22O4. The molecule has 0 heterocycles. The monoisotopic (exact) mass is 206 g/mol. The van der Waals surface area contributed by atoms with Crippen LogP contribution in [0, 0.1) is 5.41 Å². The molecule has 4 heteroatoms. The highest BCUT2D eigenvalue weighted by atomic mass is 16.3. The molecule has 0 saturated heterocycles. The van der Waals surface area contributed by atoms with Gasteiger partial charge in [0.2, 0.25) is 0 Å². The van der Waals surface area contributed by atoms with E-state index in [0.717, 1.165) is 6.42 Å². The minimum atomic E-state index is -0.207. The van der Waals surface area contributed by atoms with E-state index in [1.54, 1.807) is 0 Å². The van der Waals surface area contributed by atoms with Gasteiger partial charge in [0.15, 0.2) is 0 Å². The third-order valence-electron chi connectivity index (χ3n) is 2.79. The van der Waals surface area contributed by atoms with E-state index in [4.69, 9.17) is 20.4 Å². The zero-order valence-electron chi connectivity index (χ0n) is 8.65. The summed E-state index contributed by atoms with van der Waals surface area (Å²) in [5, 5.41) is 35.5. The number of hydrogen-bond donors (Lipinski definition) is 4. The average Bonchev–Trinajstić information content (AvgIpc) is 2.16. The van der Waals surface area contributed by atoms with Crippen molar-refractivity contribution in [1.29, 1.82) is 0 Å². The van der Waals surface area contributed by atoms with Gasteiger partial charge in [0.05, 0.1) is 0 Å². The lowest BCUT2D eigenvalue weighted by molar-refractivity contribution is 0.0834. The second kappa shape index (κ2) is 8.17. The van der Waals surface area contributed by atoms with Crippen LogP contribution in [0.1, 0.15) is 32.1 Å². The number of rotatable bonds is 9. The first-order chi connectivity index (χ1) is 6.74. The van der Waals surface area contributed by atoms with Crippen molar-refractivity contribution in [2.24, 2.45) is 5.41 Å². The van der Waals surface area contributed by atoms with E-state index in [1.807, 2.05) is 0 Å². The molecule has 0 unspecified atom stereocenters. The summed E-state index contributed by atoms with van der Waals surface area (Å²) < 4.78 is 0. The van der Waals surface area contributed by atoms with Gasteiger partial charge in [-0.2, -0.15) is 0 Å². The fourth-order valence-corrected chi connectivity index (χ4v) is 1.92. The minimum Gasteiger partial charge on any atom is -0.396 e. The third-order valence-corrected chi connectivity index (χ3v) is 2.79. The molecule has 0 rings (SSSR count). The molecule has 0 aliphatic heterocycles. The van der Waals surface area contributed by atoms with Crippen molar-refractivity contribution in [2.75, 3.05) is 26.4 Å². The van der Waals surface area contributed by atoms with Gasteiger partial charge in [-0.15, -0.1) is 0 Å². The number of aliphatic hydroxyl groups excluding tert-OH is 4. The summed E-state index contributed by atoms with van der Waals surface area (Å²) in [6.45, 7) is 0.298. The predicted molar refractivity (Wildman–Crippen MR) is 53.9 cm³/mol. The highest BCUT2D eigenvalue weighted by Gasteiger charge is 2.27. The average molecular weight is 206 g/mol. The van der Waals surface area contributed by atoms with Crippen molar-refractivity contribution in [3.05, 3.63) is 0 Å². The lowest BCUT2D eigenvalue weighted by atomic mass is 9.75. The van der Waals surface area contributed by atoms with Gasteiger partial charge < -0.3 is 20.4 Å². The molecule has 0 aromatic carbocycles. The van der Waals surface area contributed by atoms with Gasteiger partial charge in [0.1, 0.15) is 0 Å². The maximum absolute atomic E-state index is 8.93. The largest absolute Gasteiger partial charge is 0.396 e. The Morgan fingerprint density at radius 1 is 0.571 bits per heavy atom. The van der Waals surface area contributed by atoms with Crippen molar-refractivity contribution in [3.8, 4) is 0 Å². The molecule has 0 amide bonds. The third kappa shape index (κ3) is 4.91. The van der Waals surface area contributed by atoms with Crippen LogP contribution >= 0.6 is 0 Å². The van der Waals surface area contributed by atoms with Crippen LogP contribution in [-0.4, -0.2) is 46.9 Å². The van der Waals surface area contributed by atoms with Gasteiger partial charge in [-0.05, 0) is 37.5 Å². The Kier molecular flexibility index (Phi) is 8.08. The van der Waals surface area contributed by atoms with Crippen LogP contribution in [0.25, 0.3) is 0 Å². The topological polar surface area (TPSA) is 80.9 Å². The normalized spacial score (nSPS) is 12.0. The first-order valence-electron chi connectivity index (χ1n) is 5.18. The van der Waals surface area contributed by atoms with E-state index in [2.05, 4.69) is 0 Å². The highest BCUT2D eigenvalue weighted by molar-refractivity contribution is 4.78. The molecule has 14 heavy (non-hydrogen) atoms. The molecule has 0 atom stereocenters. The molecule has 0 aromatic rings. The first kappa shape index (κ1) is 13.8. The highest BCUT2D eigenvalue weighted by Crippen LogP contribution is 2.35. The number of hydrogen-bond acceptors (Lipinski definition) is 4. The summed E-state index contributed by atoms with van der Waals surface area (Å²) in [6, 6.07) is 0. The minimum absolute atomic E-state index is 0.0609. The van der Waals surface area contributed by atoms with Gasteiger partial charge in [0, 0.05) is 26.4 Å². The van der Waals surface area contributed by atoms with Crippen LogP contribution in [0.2, 0.25) is 0 Å². The smallest absolute Gasteiger partial charge is 0.0436 e. The molecule has 0 saturated carbocycles. The Morgan fingerprint density at radius 2 is 1.00 bits per heavy atom. The maximum atomic E-state index is 8.93. The Hall–Kier alpha value is -0.160. The molecule has 0 fully saturated rings. The standard InChI is InChI=1S/C10H22O4/c11-6-1-2-10(3-7-12,4-8-13)5-9-14/h11-14H,1-9H2. The van der Waals surface area contributed by atoms with Gasteiger partial charge in [0.25, 0.3) is 0 Å². The summed E-state index contributed by atoms with van der Waals surface area (Å²) in [5.41, 5.74) is -0.207. The van der Waals surface area contributed by atoms with Crippen molar-refractivity contribution < 1.29 is 20.4 Å². The molecular weight excluding hydrogens is 184 g/mol. The van der Waals surface area contributed by atoms with E-state index < -0.39 is 0 Å². The van der Waals surface area contributed by atoms with E-state index in [9.17, 15) is 0 Å². The van der Waals surface area contributed by atoms with E-state index >= 15 is 0 Å². The summed E-state index contributed by atoms with van der Waals surface area (Å²) in [5.74, 6) is 0. The van der Waals surface area contributed by atoms with E-state index in [-0.39, 0.29) is 31.8 Å². The number of aliphatic hydroxyl groups is 4. The fourth-order valence-electron chi connectivity index (χ4n) is 1.92. The van der Waals surface area contributed by atoms with Crippen LogP contribution in [0.5, 0.6) is 0 Å².